The van der Waals surface area contributed by atoms with Gasteiger partial charge in [0.05, 0.1) is 26.2 Å². The van der Waals surface area contributed by atoms with Gasteiger partial charge in [-0.15, -0.1) is 11.8 Å². The minimum atomic E-state index is -0.251. The molecule has 0 saturated carbocycles. The molecule has 0 spiro atoms. The van der Waals surface area contributed by atoms with E-state index in [4.69, 9.17) is 0 Å². The van der Waals surface area contributed by atoms with E-state index in [1.54, 1.807) is 11.8 Å². The van der Waals surface area contributed by atoms with Crippen LogP contribution in [0.4, 0.5) is 0 Å². The molecule has 0 aliphatic rings. The average Bonchev–Trinajstić information content (AvgIpc) is 2.34. The summed E-state index contributed by atoms with van der Waals surface area (Å²) in [7, 11) is 0. The van der Waals surface area contributed by atoms with E-state index in [1.807, 2.05) is 0 Å². The van der Waals surface area contributed by atoms with Crippen LogP contribution in [0.3, 0.4) is 0 Å². The van der Waals surface area contributed by atoms with Crippen LogP contribution in [0.15, 0.2) is 0 Å². The standard InChI is InChI=1S/C16H36NOS/c1-7-10-12-17(9-3,11-8-2)13-14-19-15(18)16(4,5)6/h15,18H,7-14H2,1-6H3/q+1. The first-order chi connectivity index (χ1) is 8.81. The number of rotatable bonds is 10. The van der Waals surface area contributed by atoms with E-state index in [1.165, 1.54) is 49.9 Å². The summed E-state index contributed by atoms with van der Waals surface area (Å²) in [6.07, 6.45) is 3.85. The maximum absolute atomic E-state index is 10.1. The predicted molar refractivity (Wildman–Crippen MR) is 88.5 cm³/mol. The molecule has 2 nitrogen and oxygen atoms in total. The molecule has 0 radical (unpaired) electrons. The van der Waals surface area contributed by atoms with Gasteiger partial charge in [0.25, 0.3) is 0 Å². The Bertz CT molecular complexity index is 227. The Labute approximate surface area is 125 Å². The number of hydrogen-bond acceptors (Lipinski definition) is 2. The van der Waals surface area contributed by atoms with Crippen molar-refractivity contribution in [2.75, 3.05) is 31.9 Å². The Kier molecular flexibility index (Phi) is 9.38. The fourth-order valence-corrected chi connectivity index (χ4v) is 3.60. The molecule has 2 atom stereocenters. The highest BCUT2D eigenvalue weighted by Crippen LogP contribution is 2.28. The van der Waals surface area contributed by atoms with Gasteiger partial charge in [-0.2, -0.15) is 0 Å². The number of aliphatic hydroxyl groups excluding tert-OH is 1. The van der Waals surface area contributed by atoms with Crippen LogP contribution >= 0.6 is 11.8 Å². The molecule has 0 aromatic heterocycles. The molecular formula is C16H36NOS+. The van der Waals surface area contributed by atoms with Crippen LogP contribution < -0.4 is 0 Å². The molecule has 0 aromatic carbocycles. The largest absolute Gasteiger partial charge is 0.382 e. The van der Waals surface area contributed by atoms with Crippen molar-refractivity contribution in [1.82, 2.24) is 0 Å². The first-order valence-corrected chi connectivity index (χ1v) is 9.01. The lowest BCUT2D eigenvalue weighted by molar-refractivity contribution is -0.924. The van der Waals surface area contributed by atoms with Crippen LogP contribution in [-0.4, -0.2) is 47.0 Å². The zero-order chi connectivity index (χ0) is 14.9. The zero-order valence-electron chi connectivity index (χ0n) is 14.0. The summed E-state index contributed by atoms with van der Waals surface area (Å²) in [6.45, 7) is 18.2. The third-order valence-corrected chi connectivity index (χ3v) is 5.38. The van der Waals surface area contributed by atoms with E-state index in [-0.39, 0.29) is 10.9 Å². The van der Waals surface area contributed by atoms with E-state index in [0.717, 1.165) is 5.75 Å². The van der Waals surface area contributed by atoms with Gasteiger partial charge in [0.2, 0.25) is 0 Å². The van der Waals surface area contributed by atoms with E-state index in [0.29, 0.717) is 0 Å². The number of hydrogen-bond donors (Lipinski definition) is 1. The quantitative estimate of drug-likeness (QED) is 0.482. The maximum Gasteiger partial charge on any atom is 0.104 e. The molecule has 3 heteroatoms. The SMILES string of the molecule is CCCC[N+](CC)(CCC)CCSC(O)C(C)(C)C. The molecule has 0 aliphatic carbocycles. The van der Waals surface area contributed by atoms with Crippen LogP contribution in [0.25, 0.3) is 0 Å². The Morgan fingerprint density at radius 1 is 1.00 bits per heavy atom. The first kappa shape index (κ1) is 19.3. The summed E-state index contributed by atoms with van der Waals surface area (Å²) >= 11 is 1.72. The molecule has 116 valence electrons. The summed E-state index contributed by atoms with van der Waals surface area (Å²) in [6, 6.07) is 0. The molecule has 0 aliphatic heterocycles. The highest BCUT2D eigenvalue weighted by Gasteiger charge is 2.26. The second-order valence-corrected chi connectivity index (χ2v) is 7.96. The van der Waals surface area contributed by atoms with Crippen molar-refractivity contribution in [2.45, 2.75) is 66.2 Å². The van der Waals surface area contributed by atoms with Gasteiger partial charge in [-0.05, 0) is 25.2 Å². The third kappa shape index (κ3) is 7.57. The third-order valence-electron chi connectivity index (χ3n) is 3.94. The summed E-state index contributed by atoms with van der Waals surface area (Å²) in [4.78, 5) is 0. The lowest BCUT2D eigenvalue weighted by Crippen LogP contribution is -2.50. The van der Waals surface area contributed by atoms with Crippen molar-refractivity contribution in [2.24, 2.45) is 5.41 Å². The lowest BCUT2D eigenvalue weighted by Gasteiger charge is -2.38. The molecule has 0 amide bonds. The summed E-state index contributed by atoms with van der Waals surface area (Å²) in [5.41, 5.74) is -0.264. The number of unbranched alkanes of at least 4 members (excludes halogenated alkanes) is 1. The number of quaternary nitrogens is 1. The van der Waals surface area contributed by atoms with Crippen molar-refractivity contribution in [1.29, 1.82) is 0 Å². The molecule has 0 saturated heterocycles. The van der Waals surface area contributed by atoms with Crippen LogP contribution in [0.1, 0.15) is 60.8 Å². The number of aliphatic hydroxyl groups is 1. The van der Waals surface area contributed by atoms with Gasteiger partial charge < -0.3 is 9.59 Å². The molecule has 0 aromatic rings. The summed E-state index contributed by atoms with van der Waals surface area (Å²) in [5.74, 6) is 1.07. The first-order valence-electron chi connectivity index (χ1n) is 7.96. The maximum atomic E-state index is 10.1. The van der Waals surface area contributed by atoms with Crippen LogP contribution in [0, 0.1) is 5.41 Å². The fourth-order valence-electron chi connectivity index (χ4n) is 2.39. The molecule has 2 unspecified atom stereocenters. The Balaban J connectivity index is 4.32. The Morgan fingerprint density at radius 3 is 2.05 bits per heavy atom. The molecule has 1 N–H and O–H groups in total. The van der Waals surface area contributed by atoms with Gasteiger partial charge in [-0.3, -0.25) is 0 Å². The Morgan fingerprint density at radius 2 is 1.63 bits per heavy atom. The molecule has 0 bridgehead atoms. The van der Waals surface area contributed by atoms with Crippen molar-refractivity contribution in [3.63, 3.8) is 0 Å². The van der Waals surface area contributed by atoms with E-state index in [9.17, 15) is 5.11 Å². The number of nitrogens with zero attached hydrogens (tertiary/aromatic N) is 1. The highest BCUT2D eigenvalue weighted by molar-refractivity contribution is 7.99. The van der Waals surface area contributed by atoms with E-state index < -0.39 is 0 Å². The Hall–Kier alpha value is 0.270. The summed E-state index contributed by atoms with van der Waals surface area (Å²) < 4.78 is 1.23. The van der Waals surface area contributed by atoms with E-state index in [2.05, 4.69) is 41.5 Å². The molecule has 0 fully saturated rings. The summed E-state index contributed by atoms with van der Waals surface area (Å²) in [5, 5.41) is 10.1. The average molecular weight is 291 g/mol. The van der Waals surface area contributed by atoms with Gasteiger partial charge in [-0.25, -0.2) is 0 Å². The second kappa shape index (κ2) is 9.25. The zero-order valence-corrected chi connectivity index (χ0v) is 14.9. The van der Waals surface area contributed by atoms with E-state index >= 15 is 0 Å². The van der Waals surface area contributed by atoms with Gasteiger partial charge in [0.15, 0.2) is 0 Å². The minimum absolute atomic E-state index is 0.0132. The lowest BCUT2D eigenvalue weighted by atomic mass is 9.98. The highest BCUT2D eigenvalue weighted by atomic mass is 32.2. The fraction of sp³-hybridized carbons (Fsp3) is 1.00. The van der Waals surface area contributed by atoms with Gasteiger partial charge >= 0.3 is 0 Å². The normalized spacial score (nSPS) is 17.2. The second-order valence-electron chi connectivity index (χ2n) is 6.77. The molecular weight excluding hydrogens is 254 g/mol. The van der Waals surface area contributed by atoms with Gasteiger partial charge in [0.1, 0.15) is 5.44 Å². The smallest absolute Gasteiger partial charge is 0.104 e. The van der Waals surface area contributed by atoms with Gasteiger partial charge in [0, 0.05) is 5.75 Å². The van der Waals surface area contributed by atoms with Crippen LogP contribution in [0.5, 0.6) is 0 Å². The number of thioether (sulfide) groups is 1. The van der Waals surface area contributed by atoms with Gasteiger partial charge in [-0.1, -0.05) is 41.0 Å². The molecule has 19 heavy (non-hydrogen) atoms. The minimum Gasteiger partial charge on any atom is -0.382 e. The molecule has 0 rings (SSSR count). The topological polar surface area (TPSA) is 20.2 Å². The van der Waals surface area contributed by atoms with Crippen molar-refractivity contribution in [3.05, 3.63) is 0 Å². The molecule has 0 heterocycles. The van der Waals surface area contributed by atoms with Crippen molar-refractivity contribution < 1.29 is 9.59 Å². The van der Waals surface area contributed by atoms with Crippen LogP contribution in [0.2, 0.25) is 0 Å². The van der Waals surface area contributed by atoms with Crippen LogP contribution in [-0.2, 0) is 0 Å². The van der Waals surface area contributed by atoms with Crippen molar-refractivity contribution in [3.8, 4) is 0 Å². The van der Waals surface area contributed by atoms with Crippen molar-refractivity contribution >= 4 is 11.8 Å². The predicted octanol–water partition coefficient (Wildman–Crippen LogP) is 4.13. The monoisotopic (exact) mass is 290 g/mol.